The summed E-state index contributed by atoms with van der Waals surface area (Å²) in [6.07, 6.45) is 1.11. The Bertz CT molecular complexity index is 372. The van der Waals surface area contributed by atoms with Crippen molar-refractivity contribution in [2.24, 2.45) is 0 Å². The fraction of sp³-hybridized carbons (Fsp3) is 0.769. The smallest absolute Gasteiger partial charge is 0.411 e. The van der Waals surface area contributed by atoms with Crippen LogP contribution in [0, 0.1) is 0 Å². The summed E-state index contributed by atoms with van der Waals surface area (Å²) in [5.41, 5.74) is -0.616. The van der Waals surface area contributed by atoms with E-state index in [9.17, 15) is 14.4 Å². The number of ketones is 2. The van der Waals surface area contributed by atoms with E-state index in [1.165, 1.54) is 4.90 Å². The summed E-state index contributed by atoms with van der Waals surface area (Å²) in [6.45, 7) is 5.32. The summed E-state index contributed by atoms with van der Waals surface area (Å²) in [6, 6.07) is -0.924. The Balaban J connectivity index is 2.21. The molecular weight excluding hydrogens is 234 g/mol. The monoisotopic (exact) mass is 253 g/mol. The molecule has 2 aliphatic heterocycles. The first kappa shape index (κ1) is 13.1. The van der Waals surface area contributed by atoms with Crippen LogP contribution < -0.4 is 0 Å². The van der Waals surface area contributed by atoms with Crippen LogP contribution in [-0.4, -0.2) is 40.2 Å². The number of carbonyl (C=O) groups is 3. The molecule has 18 heavy (non-hydrogen) atoms. The van der Waals surface area contributed by atoms with Crippen molar-refractivity contribution in [3.8, 4) is 0 Å². The molecule has 0 radical (unpaired) electrons. The molecule has 0 aromatic heterocycles. The molecule has 0 saturated carbocycles. The largest absolute Gasteiger partial charge is 0.444 e. The Labute approximate surface area is 106 Å². The van der Waals surface area contributed by atoms with Crippen molar-refractivity contribution >= 4 is 17.7 Å². The van der Waals surface area contributed by atoms with Gasteiger partial charge >= 0.3 is 6.09 Å². The first-order chi connectivity index (χ1) is 8.29. The summed E-state index contributed by atoms with van der Waals surface area (Å²) < 4.78 is 5.29. The van der Waals surface area contributed by atoms with Crippen molar-refractivity contribution in [3.63, 3.8) is 0 Å². The molecule has 2 fully saturated rings. The summed E-state index contributed by atoms with van der Waals surface area (Å²) >= 11 is 0. The maximum Gasteiger partial charge on any atom is 0.411 e. The number of carbonyl (C=O) groups excluding carboxylic acids is 3. The zero-order chi connectivity index (χ0) is 13.5. The first-order valence-corrected chi connectivity index (χ1v) is 6.36. The van der Waals surface area contributed by atoms with E-state index in [-0.39, 0.29) is 11.6 Å². The minimum absolute atomic E-state index is 0.0459. The lowest BCUT2D eigenvalue weighted by Crippen LogP contribution is -2.60. The number of Topliss-reactive ketones (excluding diaryl/α,β-unsaturated/α-hetero) is 2. The van der Waals surface area contributed by atoms with Gasteiger partial charge in [0, 0.05) is 12.8 Å². The highest BCUT2D eigenvalue weighted by Gasteiger charge is 2.47. The van der Waals surface area contributed by atoms with Gasteiger partial charge in [0.1, 0.15) is 5.60 Å². The number of hydrogen-bond acceptors (Lipinski definition) is 4. The van der Waals surface area contributed by atoms with Gasteiger partial charge in [-0.25, -0.2) is 4.79 Å². The van der Waals surface area contributed by atoms with E-state index < -0.39 is 23.8 Å². The minimum atomic E-state index is -0.616. The van der Waals surface area contributed by atoms with Crippen LogP contribution in [-0.2, 0) is 14.3 Å². The van der Waals surface area contributed by atoms with Crippen LogP contribution in [0.15, 0.2) is 0 Å². The molecule has 0 unspecified atom stereocenters. The van der Waals surface area contributed by atoms with Gasteiger partial charge in [0.2, 0.25) is 0 Å². The number of hydrogen-bond donors (Lipinski definition) is 0. The zero-order valence-electron chi connectivity index (χ0n) is 11.1. The van der Waals surface area contributed by atoms with Gasteiger partial charge in [-0.3, -0.25) is 14.5 Å². The molecule has 2 rings (SSSR count). The summed E-state index contributed by atoms with van der Waals surface area (Å²) in [7, 11) is 0. The molecule has 5 heteroatoms. The molecule has 0 aliphatic carbocycles. The molecule has 5 nitrogen and oxygen atoms in total. The van der Waals surface area contributed by atoms with Crippen molar-refractivity contribution in [1.82, 2.24) is 4.90 Å². The number of rotatable bonds is 0. The molecule has 2 saturated heterocycles. The zero-order valence-corrected chi connectivity index (χ0v) is 11.1. The van der Waals surface area contributed by atoms with E-state index in [2.05, 4.69) is 0 Å². The van der Waals surface area contributed by atoms with Crippen LogP contribution in [0.25, 0.3) is 0 Å². The summed E-state index contributed by atoms with van der Waals surface area (Å²) in [4.78, 5) is 37.1. The number of nitrogens with zero attached hydrogens (tertiary/aromatic N) is 1. The average molecular weight is 253 g/mol. The highest BCUT2D eigenvalue weighted by Crippen LogP contribution is 2.31. The van der Waals surface area contributed by atoms with Crippen LogP contribution in [0.5, 0.6) is 0 Å². The van der Waals surface area contributed by atoms with Gasteiger partial charge in [-0.2, -0.15) is 0 Å². The molecule has 0 aromatic rings. The predicted molar refractivity (Wildman–Crippen MR) is 64.1 cm³/mol. The molecule has 100 valence electrons. The SMILES string of the molecule is CC(C)(C)OC(=O)N1[C@H]2CCC(=O)[C@@H]1CCC2=O. The maximum absolute atomic E-state index is 12.1. The van der Waals surface area contributed by atoms with Crippen molar-refractivity contribution in [2.45, 2.75) is 64.1 Å². The minimum Gasteiger partial charge on any atom is -0.444 e. The fourth-order valence-electron chi connectivity index (χ4n) is 2.59. The second kappa shape index (κ2) is 4.37. The Morgan fingerprint density at radius 3 is 1.94 bits per heavy atom. The van der Waals surface area contributed by atoms with E-state index >= 15 is 0 Å². The van der Waals surface area contributed by atoms with Gasteiger partial charge in [-0.1, -0.05) is 0 Å². The molecule has 2 atom stereocenters. The van der Waals surface area contributed by atoms with Gasteiger partial charge < -0.3 is 4.74 Å². The Morgan fingerprint density at radius 2 is 1.56 bits per heavy atom. The molecule has 2 heterocycles. The normalized spacial score (nSPS) is 28.3. The average Bonchev–Trinajstić information content (AvgIpc) is 2.23. The lowest BCUT2D eigenvalue weighted by molar-refractivity contribution is -0.140. The summed E-state index contributed by atoms with van der Waals surface area (Å²) in [5, 5.41) is 0. The Kier molecular flexibility index (Phi) is 3.17. The van der Waals surface area contributed by atoms with E-state index in [1.807, 2.05) is 0 Å². The topological polar surface area (TPSA) is 63.7 Å². The quantitative estimate of drug-likeness (QED) is 0.659. The number of fused-ring (bicyclic) bond motifs is 2. The van der Waals surface area contributed by atoms with Crippen LogP contribution in [0.2, 0.25) is 0 Å². The van der Waals surface area contributed by atoms with E-state index in [0.29, 0.717) is 25.7 Å². The number of ether oxygens (including phenoxy) is 1. The van der Waals surface area contributed by atoms with E-state index in [4.69, 9.17) is 4.74 Å². The van der Waals surface area contributed by atoms with Gasteiger partial charge in [0.05, 0.1) is 12.1 Å². The third kappa shape index (κ3) is 2.40. The Hall–Kier alpha value is -1.39. The molecule has 0 N–H and O–H groups in total. The fourth-order valence-corrected chi connectivity index (χ4v) is 2.59. The molecule has 0 spiro atoms. The molecule has 1 amide bonds. The van der Waals surface area contributed by atoms with Crippen LogP contribution in [0.1, 0.15) is 46.5 Å². The van der Waals surface area contributed by atoms with Crippen molar-refractivity contribution in [2.75, 3.05) is 0 Å². The van der Waals surface area contributed by atoms with Crippen molar-refractivity contribution in [1.29, 1.82) is 0 Å². The summed E-state index contributed by atoms with van der Waals surface area (Å²) in [5.74, 6) is 0.0919. The first-order valence-electron chi connectivity index (χ1n) is 6.36. The van der Waals surface area contributed by atoms with Crippen LogP contribution in [0.3, 0.4) is 0 Å². The third-order valence-corrected chi connectivity index (χ3v) is 3.35. The maximum atomic E-state index is 12.1. The van der Waals surface area contributed by atoms with Crippen LogP contribution >= 0.6 is 0 Å². The van der Waals surface area contributed by atoms with E-state index in [0.717, 1.165) is 0 Å². The standard InChI is InChI=1S/C13H19NO4/c1-13(2,3)18-12(17)14-8-4-6-10(15)9(14)5-7-11(8)16/h8-9H,4-7H2,1-3H3/t8-,9-/m0/s1. The lowest BCUT2D eigenvalue weighted by Gasteiger charge is -2.43. The lowest BCUT2D eigenvalue weighted by atomic mass is 9.83. The second-order valence-corrected chi connectivity index (χ2v) is 5.93. The second-order valence-electron chi connectivity index (χ2n) is 5.93. The van der Waals surface area contributed by atoms with E-state index in [1.54, 1.807) is 20.8 Å². The third-order valence-electron chi connectivity index (χ3n) is 3.35. The van der Waals surface area contributed by atoms with Crippen LogP contribution in [0.4, 0.5) is 4.79 Å². The highest BCUT2D eigenvalue weighted by atomic mass is 16.6. The van der Waals surface area contributed by atoms with Gasteiger partial charge in [-0.15, -0.1) is 0 Å². The van der Waals surface area contributed by atoms with Gasteiger partial charge in [-0.05, 0) is 33.6 Å². The number of piperidine rings is 2. The molecule has 0 aromatic carbocycles. The number of amides is 1. The van der Waals surface area contributed by atoms with Crippen molar-refractivity contribution in [3.05, 3.63) is 0 Å². The van der Waals surface area contributed by atoms with Crippen molar-refractivity contribution < 1.29 is 19.1 Å². The Morgan fingerprint density at radius 1 is 1.11 bits per heavy atom. The predicted octanol–water partition coefficient (Wildman–Crippen LogP) is 1.69. The molecular formula is C13H19NO4. The molecule has 2 bridgehead atoms. The highest BCUT2D eigenvalue weighted by molar-refractivity contribution is 5.97. The molecule has 2 aliphatic rings. The van der Waals surface area contributed by atoms with Gasteiger partial charge in [0.25, 0.3) is 0 Å². The van der Waals surface area contributed by atoms with Gasteiger partial charge in [0.15, 0.2) is 11.6 Å².